The molecule has 3 rings (SSSR count). The smallest absolute Gasteiger partial charge is 0.207 e. The van der Waals surface area contributed by atoms with Crippen LogP contribution in [0.15, 0.2) is 4.99 Å². The zero-order valence-corrected chi connectivity index (χ0v) is 16.1. The Kier molecular flexibility index (Phi) is 5.06. The SMILES string of the molecule is CCN1C(C2CCCC2)=Nc2c(nc(N(C)C(C)C)n2C)C1NCl. The lowest BCUT2D eigenvalue weighted by molar-refractivity contribution is 0.290. The summed E-state index contributed by atoms with van der Waals surface area (Å²) >= 11 is 6.15. The van der Waals surface area contributed by atoms with Gasteiger partial charge in [0.15, 0.2) is 5.82 Å². The Hall–Kier alpha value is -1.27. The molecular weight excluding hydrogens is 324 g/mol. The second-order valence-corrected chi connectivity index (χ2v) is 7.35. The van der Waals surface area contributed by atoms with E-state index >= 15 is 0 Å². The van der Waals surface area contributed by atoms with Gasteiger partial charge < -0.3 is 9.80 Å². The van der Waals surface area contributed by atoms with Crippen LogP contribution < -0.4 is 9.74 Å². The Balaban J connectivity index is 2.09. The predicted molar refractivity (Wildman–Crippen MR) is 99.9 cm³/mol. The lowest BCUT2D eigenvalue weighted by Crippen LogP contribution is -2.44. The highest BCUT2D eigenvalue weighted by molar-refractivity contribution is 6.13. The summed E-state index contributed by atoms with van der Waals surface area (Å²) in [5.74, 6) is 3.57. The van der Waals surface area contributed by atoms with Crippen molar-refractivity contribution in [2.45, 2.75) is 58.7 Å². The summed E-state index contributed by atoms with van der Waals surface area (Å²) < 4.78 is 2.10. The van der Waals surface area contributed by atoms with Crippen molar-refractivity contribution in [3.8, 4) is 0 Å². The molecule has 24 heavy (non-hydrogen) atoms. The van der Waals surface area contributed by atoms with E-state index in [-0.39, 0.29) is 6.17 Å². The number of rotatable bonds is 5. The molecule has 2 aliphatic rings. The molecule has 6 nitrogen and oxygen atoms in total. The average molecular weight is 353 g/mol. The largest absolute Gasteiger partial charge is 0.343 e. The Labute approximate surface area is 150 Å². The minimum atomic E-state index is -0.125. The molecule has 1 fully saturated rings. The summed E-state index contributed by atoms with van der Waals surface area (Å²) in [5.41, 5.74) is 0.915. The monoisotopic (exact) mass is 352 g/mol. The van der Waals surface area contributed by atoms with Crippen molar-refractivity contribution in [1.82, 2.24) is 19.3 Å². The van der Waals surface area contributed by atoms with Crippen molar-refractivity contribution in [2.24, 2.45) is 18.0 Å². The van der Waals surface area contributed by atoms with E-state index in [2.05, 4.69) is 47.0 Å². The minimum Gasteiger partial charge on any atom is -0.343 e. The zero-order valence-electron chi connectivity index (χ0n) is 15.4. The van der Waals surface area contributed by atoms with Crippen LogP contribution in [0.25, 0.3) is 0 Å². The van der Waals surface area contributed by atoms with Crippen LogP contribution >= 0.6 is 11.8 Å². The van der Waals surface area contributed by atoms with E-state index in [0.717, 1.165) is 24.0 Å². The predicted octanol–water partition coefficient (Wildman–Crippen LogP) is 3.56. The first-order valence-electron chi connectivity index (χ1n) is 9.00. The van der Waals surface area contributed by atoms with Crippen LogP contribution in [0.4, 0.5) is 11.8 Å². The van der Waals surface area contributed by atoms with Crippen LogP contribution in [0.5, 0.6) is 0 Å². The highest BCUT2D eigenvalue weighted by Gasteiger charge is 2.37. The number of hydrogen-bond acceptors (Lipinski definition) is 5. The van der Waals surface area contributed by atoms with Gasteiger partial charge in [0.2, 0.25) is 5.95 Å². The number of amidine groups is 1. The number of aromatic nitrogens is 2. The molecule has 134 valence electrons. The second-order valence-electron chi connectivity index (χ2n) is 7.13. The quantitative estimate of drug-likeness (QED) is 0.823. The third-order valence-corrected chi connectivity index (χ3v) is 5.61. The van der Waals surface area contributed by atoms with Crippen LogP contribution in [0.2, 0.25) is 0 Å². The molecule has 0 bridgehead atoms. The number of nitrogens with zero attached hydrogens (tertiary/aromatic N) is 5. The first-order chi connectivity index (χ1) is 11.5. The first-order valence-corrected chi connectivity index (χ1v) is 9.38. The average Bonchev–Trinajstić information content (AvgIpc) is 3.20. The molecule has 0 spiro atoms. The van der Waals surface area contributed by atoms with Gasteiger partial charge in [-0.3, -0.25) is 4.57 Å². The Bertz CT molecular complexity index is 617. The van der Waals surface area contributed by atoms with E-state index < -0.39 is 0 Å². The van der Waals surface area contributed by atoms with Crippen molar-refractivity contribution in [1.29, 1.82) is 0 Å². The molecule has 1 unspecified atom stereocenters. The molecule has 0 aromatic carbocycles. The maximum atomic E-state index is 6.15. The van der Waals surface area contributed by atoms with Gasteiger partial charge in [0.05, 0.1) is 0 Å². The van der Waals surface area contributed by atoms with E-state index in [4.69, 9.17) is 21.8 Å². The van der Waals surface area contributed by atoms with Crippen LogP contribution in [0, 0.1) is 5.92 Å². The number of aliphatic imine (C=N–C) groups is 1. The molecule has 1 N–H and O–H groups in total. The first kappa shape index (κ1) is 17.5. The molecule has 7 heteroatoms. The fraction of sp³-hybridized carbons (Fsp3) is 0.765. The molecular formula is C17H29ClN6. The van der Waals surface area contributed by atoms with E-state index in [1.165, 1.54) is 31.5 Å². The molecule has 1 aromatic heterocycles. The van der Waals surface area contributed by atoms with Crippen molar-refractivity contribution in [3.05, 3.63) is 5.69 Å². The molecule has 0 radical (unpaired) electrons. The van der Waals surface area contributed by atoms with Gasteiger partial charge in [0.25, 0.3) is 0 Å². The number of anilines is 1. The standard InChI is InChI=1S/C17H29ClN6/c1-6-24-14(12-9-7-8-10-12)20-15-13(16(24)21-18)19-17(23(15)5)22(4)11(2)3/h11-12,16,21H,6-10H2,1-5H3. The highest BCUT2D eigenvalue weighted by atomic mass is 35.5. The minimum absolute atomic E-state index is 0.125. The maximum Gasteiger partial charge on any atom is 0.207 e. The lowest BCUT2D eigenvalue weighted by atomic mass is 10.0. The van der Waals surface area contributed by atoms with E-state index in [0.29, 0.717) is 12.0 Å². The molecule has 0 amide bonds. The molecule has 2 heterocycles. The van der Waals surface area contributed by atoms with Crippen LogP contribution in [-0.2, 0) is 7.05 Å². The van der Waals surface area contributed by atoms with E-state index in [1.54, 1.807) is 0 Å². The van der Waals surface area contributed by atoms with E-state index in [9.17, 15) is 0 Å². The van der Waals surface area contributed by atoms with Gasteiger partial charge in [-0.25, -0.2) is 14.8 Å². The van der Waals surface area contributed by atoms with Gasteiger partial charge in [-0.1, -0.05) is 12.8 Å². The Morgan fingerprint density at radius 1 is 1.33 bits per heavy atom. The van der Waals surface area contributed by atoms with Gasteiger partial charge in [-0.15, -0.1) is 0 Å². The van der Waals surface area contributed by atoms with Gasteiger partial charge >= 0.3 is 0 Å². The fourth-order valence-electron chi connectivity index (χ4n) is 3.78. The summed E-state index contributed by atoms with van der Waals surface area (Å²) in [4.78, 5) is 17.3. The van der Waals surface area contributed by atoms with Crippen LogP contribution in [0.1, 0.15) is 58.3 Å². The second kappa shape index (κ2) is 6.92. The maximum absolute atomic E-state index is 6.15. The summed E-state index contributed by atoms with van der Waals surface area (Å²) in [6.45, 7) is 7.35. The van der Waals surface area contributed by atoms with Crippen molar-refractivity contribution in [2.75, 3.05) is 18.5 Å². The molecule has 1 saturated carbocycles. The van der Waals surface area contributed by atoms with Crippen molar-refractivity contribution >= 4 is 29.4 Å². The molecule has 1 atom stereocenters. The van der Waals surface area contributed by atoms with Crippen molar-refractivity contribution in [3.63, 3.8) is 0 Å². The molecule has 0 saturated heterocycles. The summed E-state index contributed by atoms with van der Waals surface area (Å²) in [5, 5.41) is 0. The van der Waals surface area contributed by atoms with Gasteiger partial charge in [0.1, 0.15) is 17.7 Å². The third kappa shape index (κ3) is 2.80. The van der Waals surface area contributed by atoms with E-state index in [1.807, 2.05) is 7.05 Å². The molecule has 1 aliphatic heterocycles. The van der Waals surface area contributed by atoms with Crippen LogP contribution in [-0.4, -0.2) is 39.9 Å². The van der Waals surface area contributed by atoms with Gasteiger partial charge in [-0.2, -0.15) is 0 Å². The number of fused-ring (bicyclic) bond motifs is 1. The van der Waals surface area contributed by atoms with Crippen molar-refractivity contribution < 1.29 is 0 Å². The summed E-state index contributed by atoms with van der Waals surface area (Å²) in [6.07, 6.45) is 4.90. The highest BCUT2D eigenvalue weighted by Crippen LogP contribution is 2.40. The van der Waals surface area contributed by atoms with Gasteiger partial charge in [0, 0.05) is 32.6 Å². The third-order valence-electron chi connectivity index (χ3n) is 5.41. The molecule has 1 aromatic rings. The number of imidazole rings is 1. The number of halogens is 1. The topological polar surface area (TPSA) is 48.7 Å². The zero-order chi connectivity index (χ0) is 17.4. The number of nitrogens with one attached hydrogen (secondary N) is 1. The molecule has 1 aliphatic carbocycles. The normalized spacial score (nSPS) is 21.4. The Morgan fingerprint density at radius 3 is 2.54 bits per heavy atom. The fourth-order valence-corrected chi connectivity index (χ4v) is 4.00. The lowest BCUT2D eigenvalue weighted by Gasteiger charge is -2.37. The summed E-state index contributed by atoms with van der Waals surface area (Å²) in [6, 6.07) is 0.371. The van der Waals surface area contributed by atoms with Gasteiger partial charge in [-0.05, 0) is 45.4 Å². The van der Waals surface area contributed by atoms with Crippen LogP contribution in [0.3, 0.4) is 0 Å². The Morgan fingerprint density at radius 2 is 2.00 bits per heavy atom. The number of hydrogen-bond donors (Lipinski definition) is 1. The summed E-state index contributed by atoms with van der Waals surface area (Å²) in [7, 11) is 4.11.